The molecule has 0 saturated carbocycles. The van der Waals surface area contributed by atoms with Crippen molar-refractivity contribution in [2.45, 2.75) is 25.6 Å². The van der Waals surface area contributed by atoms with Crippen LogP contribution in [0.5, 0.6) is 0 Å². The van der Waals surface area contributed by atoms with Crippen molar-refractivity contribution in [2.75, 3.05) is 33.7 Å². The van der Waals surface area contributed by atoms with Crippen LogP contribution in [0.4, 0.5) is 0 Å². The van der Waals surface area contributed by atoms with Crippen LogP contribution < -0.4 is 5.73 Å². The molecule has 2 heterocycles. The zero-order chi connectivity index (χ0) is 13.3. The number of aryl methyl sites for hydroxylation is 1. The van der Waals surface area contributed by atoms with Crippen molar-refractivity contribution in [1.29, 1.82) is 0 Å². The minimum atomic E-state index is -0.0189. The Morgan fingerprint density at radius 3 is 2.89 bits per heavy atom. The van der Waals surface area contributed by atoms with E-state index in [2.05, 4.69) is 51.8 Å². The summed E-state index contributed by atoms with van der Waals surface area (Å²) in [6.45, 7) is 6.10. The fourth-order valence-electron chi connectivity index (χ4n) is 2.57. The van der Waals surface area contributed by atoms with Gasteiger partial charge < -0.3 is 10.6 Å². The van der Waals surface area contributed by atoms with Crippen LogP contribution >= 0.6 is 15.9 Å². The molecule has 0 spiro atoms. The molecule has 0 aliphatic carbocycles. The molecule has 5 nitrogen and oxygen atoms in total. The van der Waals surface area contributed by atoms with E-state index in [1.807, 2.05) is 10.9 Å². The first-order chi connectivity index (χ1) is 8.54. The summed E-state index contributed by atoms with van der Waals surface area (Å²) in [5.74, 6) is 0. The van der Waals surface area contributed by atoms with Crippen LogP contribution in [0.1, 0.15) is 18.7 Å². The van der Waals surface area contributed by atoms with Gasteiger partial charge in [-0.25, -0.2) is 0 Å². The Balaban J connectivity index is 2.23. The second-order valence-corrected chi connectivity index (χ2v) is 5.88. The molecule has 1 fully saturated rings. The number of hydrogen-bond acceptors (Lipinski definition) is 4. The molecule has 2 unspecified atom stereocenters. The Hall–Kier alpha value is -0.430. The van der Waals surface area contributed by atoms with Crippen molar-refractivity contribution < 1.29 is 0 Å². The number of nitrogens with two attached hydrogens (primary N) is 1. The predicted molar refractivity (Wildman–Crippen MR) is 76.4 cm³/mol. The topological polar surface area (TPSA) is 50.3 Å². The number of likely N-dealkylation sites (N-methyl/N-ethyl adjacent to an activating group) is 2. The van der Waals surface area contributed by atoms with Crippen molar-refractivity contribution in [1.82, 2.24) is 19.6 Å². The molecule has 0 aromatic carbocycles. The molecule has 6 heteroatoms. The number of nitrogens with zero attached hydrogens (tertiary/aromatic N) is 4. The summed E-state index contributed by atoms with van der Waals surface area (Å²) in [6, 6.07) is 0.316. The highest BCUT2D eigenvalue weighted by Gasteiger charge is 2.31. The Morgan fingerprint density at radius 2 is 2.22 bits per heavy atom. The van der Waals surface area contributed by atoms with Gasteiger partial charge in [-0.2, -0.15) is 5.10 Å². The van der Waals surface area contributed by atoms with Crippen LogP contribution in [0.15, 0.2) is 10.7 Å². The molecular formula is C12H22BrN5. The Labute approximate surface area is 117 Å². The van der Waals surface area contributed by atoms with Gasteiger partial charge in [0.15, 0.2) is 0 Å². The van der Waals surface area contributed by atoms with Gasteiger partial charge >= 0.3 is 0 Å². The van der Waals surface area contributed by atoms with Gasteiger partial charge in [0.25, 0.3) is 0 Å². The van der Waals surface area contributed by atoms with E-state index in [1.54, 1.807) is 0 Å². The highest BCUT2D eigenvalue weighted by Crippen LogP contribution is 2.27. The molecule has 1 aliphatic rings. The molecule has 0 amide bonds. The van der Waals surface area contributed by atoms with Gasteiger partial charge in [-0.3, -0.25) is 9.58 Å². The largest absolute Gasteiger partial charge is 0.321 e. The highest BCUT2D eigenvalue weighted by molar-refractivity contribution is 9.10. The monoisotopic (exact) mass is 315 g/mol. The highest BCUT2D eigenvalue weighted by atomic mass is 79.9. The van der Waals surface area contributed by atoms with Gasteiger partial charge in [-0.1, -0.05) is 0 Å². The third kappa shape index (κ3) is 2.61. The smallest absolute Gasteiger partial charge is 0.0709 e. The first-order valence-corrected chi connectivity index (χ1v) is 7.19. The number of halogens is 1. The first-order valence-electron chi connectivity index (χ1n) is 6.40. The molecule has 2 N–H and O–H groups in total. The molecule has 1 saturated heterocycles. The minimum absolute atomic E-state index is 0.0189. The number of hydrogen-bond donors (Lipinski definition) is 1. The van der Waals surface area contributed by atoms with Gasteiger partial charge in [-0.05, 0) is 36.9 Å². The SMILES string of the molecule is CCn1ncc(Br)c1C(N)C1CN(C)CCN1C. The zero-order valence-corrected chi connectivity index (χ0v) is 12.9. The van der Waals surface area contributed by atoms with Gasteiger partial charge in [0.1, 0.15) is 0 Å². The second kappa shape index (κ2) is 5.69. The fourth-order valence-corrected chi connectivity index (χ4v) is 3.13. The van der Waals surface area contributed by atoms with Crippen molar-refractivity contribution in [3.8, 4) is 0 Å². The quantitative estimate of drug-likeness (QED) is 0.901. The van der Waals surface area contributed by atoms with Crippen molar-refractivity contribution >= 4 is 15.9 Å². The van der Waals surface area contributed by atoms with Crippen LogP contribution in [-0.4, -0.2) is 59.4 Å². The van der Waals surface area contributed by atoms with E-state index in [0.29, 0.717) is 6.04 Å². The summed E-state index contributed by atoms with van der Waals surface area (Å²) < 4.78 is 3.00. The molecule has 0 bridgehead atoms. The van der Waals surface area contributed by atoms with Gasteiger partial charge in [0, 0.05) is 32.2 Å². The number of aromatic nitrogens is 2. The first kappa shape index (κ1) is 14.0. The summed E-state index contributed by atoms with van der Waals surface area (Å²) in [7, 11) is 4.30. The Morgan fingerprint density at radius 1 is 1.50 bits per heavy atom. The lowest BCUT2D eigenvalue weighted by Gasteiger charge is -2.40. The summed E-state index contributed by atoms with van der Waals surface area (Å²) in [4.78, 5) is 4.69. The van der Waals surface area contributed by atoms with E-state index >= 15 is 0 Å². The normalized spacial score (nSPS) is 24.4. The van der Waals surface area contributed by atoms with Crippen molar-refractivity contribution in [2.24, 2.45) is 5.73 Å². The molecule has 1 aliphatic heterocycles. The summed E-state index contributed by atoms with van der Waals surface area (Å²) in [5.41, 5.74) is 7.59. The van der Waals surface area contributed by atoms with E-state index in [0.717, 1.165) is 36.3 Å². The average Bonchev–Trinajstić information content (AvgIpc) is 2.72. The maximum Gasteiger partial charge on any atom is 0.0709 e. The predicted octanol–water partition coefficient (Wildman–Crippen LogP) is 0.911. The summed E-state index contributed by atoms with van der Waals surface area (Å²) in [6.07, 6.45) is 1.84. The zero-order valence-electron chi connectivity index (χ0n) is 11.3. The van der Waals surface area contributed by atoms with Crippen LogP contribution in [0, 0.1) is 0 Å². The standard InChI is InChI=1S/C12H22BrN5/c1-4-18-12(9(13)7-15-18)11(14)10-8-16(2)5-6-17(10)3/h7,10-11H,4-6,8,14H2,1-3H3. The minimum Gasteiger partial charge on any atom is -0.321 e. The average molecular weight is 316 g/mol. The maximum atomic E-state index is 6.48. The molecule has 18 heavy (non-hydrogen) atoms. The molecule has 2 atom stereocenters. The Kier molecular flexibility index (Phi) is 4.42. The second-order valence-electron chi connectivity index (χ2n) is 5.03. The van der Waals surface area contributed by atoms with Crippen LogP contribution in [0.3, 0.4) is 0 Å². The van der Waals surface area contributed by atoms with Crippen LogP contribution in [0.25, 0.3) is 0 Å². The van der Waals surface area contributed by atoms with E-state index < -0.39 is 0 Å². The van der Waals surface area contributed by atoms with E-state index in [9.17, 15) is 0 Å². The van der Waals surface area contributed by atoms with Gasteiger partial charge in [-0.15, -0.1) is 0 Å². The molecule has 0 radical (unpaired) electrons. The number of rotatable bonds is 3. The third-order valence-electron chi connectivity index (χ3n) is 3.76. The Bertz CT molecular complexity index is 405. The maximum absolute atomic E-state index is 6.48. The fraction of sp³-hybridized carbons (Fsp3) is 0.750. The molecular weight excluding hydrogens is 294 g/mol. The van der Waals surface area contributed by atoms with E-state index in [-0.39, 0.29) is 6.04 Å². The lowest BCUT2D eigenvalue weighted by molar-refractivity contribution is 0.0952. The van der Waals surface area contributed by atoms with Gasteiger partial charge in [0.2, 0.25) is 0 Å². The van der Waals surface area contributed by atoms with Crippen molar-refractivity contribution in [3.05, 3.63) is 16.4 Å². The molecule has 1 aromatic heterocycles. The summed E-state index contributed by atoms with van der Waals surface area (Å²) in [5, 5.41) is 4.35. The molecule has 2 rings (SSSR count). The third-order valence-corrected chi connectivity index (χ3v) is 4.37. The van der Waals surface area contributed by atoms with E-state index in [1.165, 1.54) is 0 Å². The lowest BCUT2D eigenvalue weighted by atomic mass is 10.0. The van der Waals surface area contributed by atoms with E-state index in [4.69, 9.17) is 5.73 Å². The van der Waals surface area contributed by atoms with Crippen molar-refractivity contribution in [3.63, 3.8) is 0 Å². The van der Waals surface area contributed by atoms with Crippen LogP contribution in [0.2, 0.25) is 0 Å². The summed E-state index contributed by atoms with van der Waals surface area (Å²) >= 11 is 3.56. The van der Waals surface area contributed by atoms with Crippen LogP contribution in [-0.2, 0) is 6.54 Å². The van der Waals surface area contributed by atoms with Gasteiger partial charge in [0.05, 0.1) is 22.4 Å². The lowest BCUT2D eigenvalue weighted by Crippen LogP contribution is -2.54. The molecule has 102 valence electrons. The molecule has 1 aromatic rings. The number of piperazine rings is 1.